The summed E-state index contributed by atoms with van der Waals surface area (Å²) < 4.78 is 39.3. The summed E-state index contributed by atoms with van der Waals surface area (Å²) >= 11 is 0. The Kier molecular flexibility index (Phi) is 7.00. The number of alkyl halides is 3. The first-order valence-corrected chi connectivity index (χ1v) is 12.7. The molecule has 0 spiro atoms. The zero-order valence-corrected chi connectivity index (χ0v) is 20.1. The van der Waals surface area contributed by atoms with Crippen LogP contribution < -0.4 is 10.6 Å². The van der Waals surface area contributed by atoms with Crippen LogP contribution in [0.15, 0.2) is 24.5 Å². The van der Waals surface area contributed by atoms with Gasteiger partial charge in [-0.05, 0) is 56.7 Å². The maximum Gasteiger partial charge on any atom is 0.416 e. The first-order chi connectivity index (χ1) is 17.3. The van der Waals surface area contributed by atoms with Crippen LogP contribution in [0.25, 0.3) is 10.9 Å². The highest BCUT2D eigenvalue weighted by atomic mass is 19.4. The number of nitrogens with one attached hydrogen (secondary N) is 2. The molecule has 36 heavy (non-hydrogen) atoms. The number of amides is 2. The Balaban J connectivity index is 1.07. The molecule has 8 nitrogen and oxygen atoms in total. The topological polar surface area (TPSA) is 90.5 Å². The molecule has 194 valence electrons. The van der Waals surface area contributed by atoms with Crippen LogP contribution in [0, 0.1) is 0 Å². The quantitative estimate of drug-likeness (QED) is 0.628. The number of likely N-dealkylation sites (tertiary alicyclic amines) is 2. The van der Waals surface area contributed by atoms with Crippen LogP contribution in [-0.4, -0.2) is 75.9 Å². The summed E-state index contributed by atoms with van der Waals surface area (Å²) in [7, 11) is 0. The van der Waals surface area contributed by atoms with Crippen molar-refractivity contribution in [2.75, 3.05) is 31.5 Å². The van der Waals surface area contributed by atoms with E-state index in [0.717, 1.165) is 70.3 Å². The summed E-state index contributed by atoms with van der Waals surface area (Å²) in [6.45, 7) is 2.38. The summed E-state index contributed by atoms with van der Waals surface area (Å²) in [6, 6.07) is 4.19. The Morgan fingerprint density at radius 1 is 1.06 bits per heavy atom. The molecular formula is C25H31F3N6O2. The van der Waals surface area contributed by atoms with Gasteiger partial charge in [0.05, 0.1) is 23.7 Å². The van der Waals surface area contributed by atoms with Crippen molar-refractivity contribution >= 4 is 28.5 Å². The number of fused-ring (bicyclic) bond motifs is 1. The number of carbonyl (C=O) groups excluding carboxylic acids is 2. The van der Waals surface area contributed by atoms with E-state index in [1.807, 2.05) is 0 Å². The third-order valence-corrected chi connectivity index (χ3v) is 7.64. The molecule has 1 aromatic carbocycles. The van der Waals surface area contributed by atoms with Crippen LogP contribution in [0.5, 0.6) is 0 Å². The van der Waals surface area contributed by atoms with E-state index in [9.17, 15) is 22.8 Å². The molecule has 11 heteroatoms. The Bertz CT molecular complexity index is 1110. The van der Waals surface area contributed by atoms with Crippen molar-refractivity contribution in [2.24, 2.45) is 0 Å². The standard InChI is InChI=1S/C25H31F3N6O2/c26-25(27,28)16-4-9-21-20(11-16)24(31-15-30-21)29-12-22(35)32-17-13-33(14-17)18-5-7-19(8-6-18)34-10-2-1-3-23(34)36/h4,9,11,15,17-19H,1-3,5-8,10,12-14H2,(H,32,35)(H,29,30,31)/t18-,19+. The van der Waals surface area contributed by atoms with Gasteiger partial charge in [0.2, 0.25) is 11.8 Å². The predicted molar refractivity (Wildman–Crippen MR) is 128 cm³/mol. The number of piperidine rings is 1. The minimum Gasteiger partial charge on any atom is -0.360 e. The molecule has 1 aliphatic carbocycles. The van der Waals surface area contributed by atoms with Crippen molar-refractivity contribution in [3.63, 3.8) is 0 Å². The van der Waals surface area contributed by atoms with Gasteiger partial charge in [-0.3, -0.25) is 14.5 Å². The number of anilines is 1. The smallest absolute Gasteiger partial charge is 0.360 e. The Morgan fingerprint density at radius 3 is 2.53 bits per heavy atom. The lowest BCUT2D eigenvalue weighted by molar-refractivity contribution is -0.138. The zero-order valence-electron chi connectivity index (χ0n) is 20.1. The molecule has 2 N–H and O–H groups in total. The average molecular weight is 505 g/mol. The van der Waals surface area contributed by atoms with E-state index in [-0.39, 0.29) is 29.7 Å². The Labute approximate surface area is 207 Å². The molecular weight excluding hydrogens is 473 g/mol. The highest BCUT2D eigenvalue weighted by molar-refractivity contribution is 5.91. The van der Waals surface area contributed by atoms with Crippen LogP contribution in [-0.2, 0) is 15.8 Å². The van der Waals surface area contributed by atoms with Gasteiger partial charge in [-0.15, -0.1) is 0 Å². The molecule has 0 bridgehead atoms. The van der Waals surface area contributed by atoms with Crippen molar-refractivity contribution in [2.45, 2.75) is 69.2 Å². The first kappa shape index (κ1) is 24.7. The van der Waals surface area contributed by atoms with Crippen molar-refractivity contribution in [1.29, 1.82) is 0 Å². The summed E-state index contributed by atoms with van der Waals surface area (Å²) in [4.78, 5) is 37.2. The van der Waals surface area contributed by atoms with Crippen LogP contribution in [0.2, 0.25) is 0 Å². The van der Waals surface area contributed by atoms with E-state index in [1.165, 1.54) is 12.4 Å². The number of hydrogen-bond acceptors (Lipinski definition) is 6. The van der Waals surface area contributed by atoms with Gasteiger partial charge in [-0.25, -0.2) is 9.97 Å². The van der Waals surface area contributed by atoms with E-state index < -0.39 is 11.7 Å². The molecule has 5 rings (SSSR count). The van der Waals surface area contributed by atoms with Gasteiger partial charge in [0.25, 0.3) is 0 Å². The molecule has 0 unspecified atom stereocenters. The van der Waals surface area contributed by atoms with E-state index in [0.29, 0.717) is 29.9 Å². The molecule has 3 heterocycles. The second-order valence-electron chi connectivity index (χ2n) is 10.0. The lowest BCUT2D eigenvalue weighted by Crippen LogP contribution is -2.63. The molecule has 1 saturated carbocycles. The van der Waals surface area contributed by atoms with Crippen molar-refractivity contribution in [3.05, 3.63) is 30.1 Å². The summed E-state index contributed by atoms with van der Waals surface area (Å²) in [6.07, 6.45) is 3.80. The second-order valence-corrected chi connectivity index (χ2v) is 10.0. The molecule has 2 amide bonds. The molecule has 0 radical (unpaired) electrons. The summed E-state index contributed by atoms with van der Waals surface area (Å²) in [5, 5.41) is 6.06. The molecule has 2 aromatic rings. The van der Waals surface area contributed by atoms with E-state index in [1.54, 1.807) is 0 Å². The minimum atomic E-state index is -4.47. The van der Waals surface area contributed by atoms with Crippen molar-refractivity contribution < 1.29 is 22.8 Å². The third-order valence-electron chi connectivity index (χ3n) is 7.64. The van der Waals surface area contributed by atoms with E-state index in [2.05, 4.69) is 30.4 Å². The second kappa shape index (κ2) is 10.2. The summed E-state index contributed by atoms with van der Waals surface area (Å²) in [5.41, 5.74) is -0.418. The van der Waals surface area contributed by atoms with Gasteiger partial charge < -0.3 is 15.5 Å². The number of hydrogen-bond donors (Lipinski definition) is 2. The van der Waals surface area contributed by atoms with E-state index >= 15 is 0 Å². The molecule has 3 fully saturated rings. The molecule has 1 aromatic heterocycles. The molecule has 0 atom stereocenters. The van der Waals surface area contributed by atoms with Gasteiger partial charge in [-0.2, -0.15) is 13.2 Å². The number of carbonyl (C=O) groups is 2. The SMILES string of the molecule is O=C(CNc1ncnc2ccc(C(F)(F)F)cc12)NC1CN([C@H]2CC[C@@H](N3CCCCC3=O)CC2)C1. The number of rotatable bonds is 6. The number of aromatic nitrogens is 2. The predicted octanol–water partition coefficient (Wildman–Crippen LogP) is 3.18. The van der Waals surface area contributed by atoms with Gasteiger partial charge in [0, 0.05) is 43.5 Å². The maximum absolute atomic E-state index is 13.1. The minimum absolute atomic E-state index is 0.0553. The largest absolute Gasteiger partial charge is 0.416 e. The highest BCUT2D eigenvalue weighted by Gasteiger charge is 2.37. The Hall–Kier alpha value is -2.95. The lowest BCUT2D eigenvalue weighted by atomic mass is 9.86. The average Bonchev–Trinajstić information content (AvgIpc) is 2.84. The van der Waals surface area contributed by atoms with Crippen LogP contribution in [0.1, 0.15) is 50.5 Å². The molecule has 2 aliphatic heterocycles. The van der Waals surface area contributed by atoms with Crippen LogP contribution in [0.4, 0.5) is 19.0 Å². The fourth-order valence-corrected chi connectivity index (χ4v) is 5.67. The molecule has 3 aliphatic rings. The lowest BCUT2D eigenvalue weighted by Gasteiger charge is -2.48. The highest BCUT2D eigenvalue weighted by Crippen LogP contribution is 2.33. The van der Waals surface area contributed by atoms with Gasteiger partial charge >= 0.3 is 6.18 Å². The van der Waals surface area contributed by atoms with Crippen molar-refractivity contribution in [1.82, 2.24) is 25.1 Å². The first-order valence-electron chi connectivity index (χ1n) is 12.7. The van der Waals surface area contributed by atoms with E-state index in [4.69, 9.17) is 0 Å². The van der Waals surface area contributed by atoms with Gasteiger partial charge in [0.1, 0.15) is 12.1 Å². The molecule has 2 saturated heterocycles. The van der Waals surface area contributed by atoms with Crippen LogP contribution in [0.3, 0.4) is 0 Å². The van der Waals surface area contributed by atoms with Gasteiger partial charge in [0.15, 0.2) is 0 Å². The zero-order chi connectivity index (χ0) is 25.3. The maximum atomic E-state index is 13.1. The Morgan fingerprint density at radius 2 is 1.81 bits per heavy atom. The fraction of sp³-hybridized carbons (Fsp3) is 0.600. The summed E-state index contributed by atoms with van der Waals surface area (Å²) in [5.74, 6) is 0.270. The number of halogens is 3. The number of benzene rings is 1. The number of nitrogens with zero attached hydrogens (tertiary/aromatic N) is 4. The van der Waals surface area contributed by atoms with Crippen molar-refractivity contribution in [3.8, 4) is 0 Å². The van der Waals surface area contributed by atoms with Crippen LogP contribution >= 0.6 is 0 Å². The van der Waals surface area contributed by atoms with Gasteiger partial charge in [-0.1, -0.05) is 0 Å². The normalized spacial score (nSPS) is 24.0. The monoisotopic (exact) mass is 504 g/mol. The fourth-order valence-electron chi connectivity index (χ4n) is 5.67. The third kappa shape index (κ3) is 5.40.